The molecule has 76 valence electrons. The zero-order valence-electron chi connectivity index (χ0n) is 7.67. The number of nitrogens with zero attached hydrogens (tertiary/aromatic N) is 2. The minimum Gasteiger partial charge on any atom is -0.151 e. The number of benzene rings is 2. The molecule has 0 unspecified atom stereocenters. The summed E-state index contributed by atoms with van der Waals surface area (Å²) in [6.07, 6.45) is 0. The van der Waals surface area contributed by atoms with Crippen LogP contribution in [0.4, 0.5) is 11.4 Å². The Morgan fingerprint density at radius 2 is 0.867 bits per heavy atom. The Balaban J connectivity index is 0.00000112. The van der Waals surface area contributed by atoms with Gasteiger partial charge >= 0.3 is 0 Å². The normalized spacial score (nSPS) is 9.87. The van der Waals surface area contributed by atoms with E-state index in [4.69, 9.17) is 0 Å². The highest BCUT2D eigenvalue weighted by atomic mass is 28.1. The van der Waals surface area contributed by atoms with Gasteiger partial charge in [-0.2, -0.15) is 10.2 Å². The first-order valence-electron chi connectivity index (χ1n) is 4.47. The number of hydrogen-bond donors (Lipinski definition) is 0. The lowest BCUT2D eigenvalue weighted by atomic mass is 10.3. The maximum atomic E-state index is 4.10. The summed E-state index contributed by atoms with van der Waals surface area (Å²) in [5, 5.41) is 8.20. The first kappa shape index (κ1) is 11.3. The van der Waals surface area contributed by atoms with E-state index in [9.17, 15) is 0 Å². The summed E-state index contributed by atoms with van der Waals surface area (Å²) in [4.78, 5) is 0. The van der Waals surface area contributed by atoms with Crippen LogP contribution < -0.4 is 0 Å². The fourth-order valence-electron chi connectivity index (χ4n) is 1.10. The lowest BCUT2D eigenvalue weighted by molar-refractivity contribution is 1.23. The van der Waals surface area contributed by atoms with Crippen LogP contribution in [0.3, 0.4) is 0 Å². The summed E-state index contributed by atoms with van der Waals surface area (Å²) in [6, 6.07) is 19.4. The topological polar surface area (TPSA) is 24.7 Å². The summed E-state index contributed by atoms with van der Waals surface area (Å²) in [5.41, 5.74) is 1.74. The van der Waals surface area contributed by atoms with E-state index in [0.717, 1.165) is 11.4 Å². The minimum atomic E-state index is 0. The van der Waals surface area contributed by atoms with Crippen LogP contribution in [0.2, 0.25) is 0 Å². The maximum Gasteiger partial charge on any atom is 0.0857 e. The highest BCUT2D eigenvalue weighted by molar-refractivity contribution is 5.75. The summed E-state index contributed by atoms with van der Waals surface area (Å²) in [5.74, 6) is 0. The molecule has 0 aromatic heterocycles. The standard InChI is InChI=1S/C12H10N2.H4Si/c1-3-7-11(8-4-1)13-14-12-9-5-2-6-10-12;/h1-10H;1H4. The van der Waals surface area contributed by atoms with Crippen molar-refractivity contribution in [1.29, 1.82) is 0 Å². The summed E-state index contributed by atoms with van der Waals surface area (Å²) in [7, 11) is 0. The largest absolute Gasteiger partial charge is 0.151 e. The van der Waals surface area contributed by atoms with Gasteiger partial charge in [-0.15, -0.1) is 0 Å². The quantitative estimate of drug-likeness (QED) is 0.542. The molecule has 0 spiro atoms. The average molecular weight is 214 g/mol. The van der Waals surface area contributed by atoms with Crippen molar-refractivity contribution >= 4 is 22.3 Å². The van der Waals surface area contributed by atoms with Crippen LogP contribution in [0.5, 0.6) is 0 Å². The third-order valence-corrected chi connectivity index (χ3v) is 1.79. The summed E-state index contributed by atoms with van der Waals surface area (Å²) in [6.45, 7) is 0. The molecule has 2 aromatic rings. The van der Waals surface area contributed by atoms with Crippen molar-refractivity contribution in [3.63, 3.8) is 0 Å². The third-order valence-electron chi connectivity index (χ3n) is 1.79. The van der Waals surface area contributed by atoms with Crippen molar-refractivity contribution in [2.75, 3.05) is 0 Å². The van der Waals surface area contributed by atoms with E-state index in [1.54, 1.807) is 0 Å². The van der Waals surface area contributed by atoms with Crippen LogP contribution in [0, 0.1) is 0 Å². The molecule has 2 nitrogen and oxygen atoms in total. The van der Waals surface area contributed by atoms with Crippen LogP contribution in [0.25, 0.3) is 0 Å². The van der Waals surface area contributed by atoms with Gasteiger partial charge in [0, 0.05) is 0 Å². The fourth-order valence-corrected chi connectivity index (χ4v) is 1.10. The van der Waals surface area contributed by atoms with Gasteiger partial charge in [-0.05, 0) is 35.2 Å². The molecule has 0 N–H and O–H groups in total. The van der Waals surface area contributed by atoms with Gasteiger partial charge in [-0.25, -0.2) is 0 Å². The molecule has 0 saturated carbocycles. The molecule has 0 aliphatic carbocycles. The average Bonchev–Trinajstić information content (AvgIpc) is 2.29. The molecule has 0 atom stereocenters. The van der Waals surface area contributed by atoms with E-state index >= 15 is 0 Å². The summed E-state index contributed by atoms with van der Waals surface area (Å²) >= 11 is 0. The van der Waals surface area contributed by atoms with Gasteiger partial charge in [-0.1, -0.05) is 36.4 Å². The Bertz CT molecular complexity index is 371. The second kappa shape index (κ2) is 5.88. The monoisotopic (exact) mass is 214 g/mol. The molecule has 0 radical (unpaired) electrons. The van der Waals surface area contributed by atoms with E-state index in [1.807, 2.05) is 60.7 Å². The first-order valence-corrected chi connectivity index (χ1v) is 4.47. The smallest absolute Gasteiger partial charge is 0.0857 e. The van der Waals surface area contributed by atoms with Crippen molar-refractivity contribution in [2.45, 2.75) is 0 Å². The Labute approximate surface area is 93.7 Å². The zero-order chi connectivity index (χ0) is 9.64. The Morgan fingerprint density at radius 1 is 0.533 bits per heavy atom. The van der Waals surface area contributed by atoms with Crippen molar-refractivity contribution < 1.29 is 0 Å². The molecule has 2 rings (SSSR count). The van der Waals surface area contributed by atoms with Gasteiger partial charge in [0.15, 0.2) is 0 Å². The number of rotatable bonds is 2. The van der Waals surface area contributed by atoms with Gasteiger partial charge < -0.3 is 0 Å². The molecule has 3 heteroatoms. The number of azo groups is 1. The van der Waals surface area contributed by atoms with Crippen LogP contribution in [-0.2, 0) is 0 Å². The van der Waals surface area contributed by atoms with Crippen LogP contribution in [0.15, 0.2) is 70.9 Å². The Morgan fingerprint density at radius 3 is 1.20 bits per heavy atom. The molecule has 0 heterocycles. The fraction of sp³-hybridized carbons (Fsp3) is 0. The second-order valence-corrected chi connectivity index (χ2v) is 2.87. The molecule has 2 aromatic carbocycles. The van der Waals surface area contributed by atoms with E-state index in [-0.39, 0.29) is 11.0 Å². The molecule has 0 saturated heterocycles. The zero-order valence-corrected chi connectivity index (χ0v) is 7.67. The van der Waals surface area contributed by atoms with Crippen LogP contribution in [0.1, 0.15) is 0 Å². The second-order valence-electron chi connectivity index (χ2n) is 2.87. The van der Waals surface area contributed by atoms with Crippen LogP contribution >= 0.6 is 0 Å². The van der Waals surface area contributed by atoms with E-state index < -0.39 is 0 Å². The first-order chi connectivity index (χ1) is 6.95. The van der Waals surface area contributed by atoms with Crippen LogP contribution in [-0.4, -0.2) is 11.0 Å². The van der Waals surface area contributed by atoms with Crippen molar-refractivity contribution in [3.05, 3.63) is 60.7 Å². The van der Waals surface area contributed by atoms with E-state index in [0.29, 0.717) is 0 Å². The molecule has 0 aliphatic heterocycles. The lowest BCUT2D eigenvalue weighted by Crippen LogP contribution is -1.62. The number of hydrogen-bond acceptors (Lipinski definition) is 2. The predicted octanol–water partition coefficient (Wildman–Crippen LogP) is 2.65. The summed E-state index contributed by atoms with van der Waals surface area (Å²) < 4.78 is 0. The molecular formula is C12H14N2Si. The van der Waals surface area contributed by atoms with E-state index in [2.05, 4.69) is 10.2 Å². The molecule has 0 aliphatic rings. The van der Waals surface area contributed by atoms with E-state index in [1.165, 1.54) is 0 Å². The van der Waals surface area contributed by atoms with Gasteiger partial charge in [0.25, 0.3) is 0 Å². The highest BCUT2D eigenvalue weighted by Gasteiger charge is 1.86. The van der Waals surface area contributed by atoms with Crippen molar-refractivity contribution in [2.24, 2.45) is 10.2 Å². The third kappa shape index (κ3) is 3.48. The molecule has 0 bridgehead atoms. The lowest BCUT2D eigenvalue weighted by Gasteiger charge is -1.91. The SMILES string of the molecule is [SiH4].c1ccc(N=Nc2ccccc2)cc1. The molecule has 0 amide bonds. The van der Waals surface area contributed by atoms with Crippen molar-refractivity contribution in [1.82, 2.24) is 0 Å². The Hall–Kier alpha value is -1.74. The molecule has 0 fully saturated rings. The Kier molecular flexibility index (Phi) is 4.44. The molecule has 15 heavy (non-hydrogen) atoms. The van der Waals surface area contributed by atoms with Crippen molar-refractivity contribution in [3.8, 4) is 0 Å². The van der Waals surface area contributed by atoms with Gasteiger partial charge in [-0.3, -0.25) is 0 Å². The minimum absolute atomic E-state index is 0. The maximum absolute atomic E-state index is 4.10. The van der Waals surface area contributed by atoms with Gasteiger partial charge in [0.1, 0.15) is 0 Å². The predicted molar refractivity (Wildman–Crippen MR) is 68.4 cm³/mol. The molecular weight excluding hydrogens is 200 g/mol. The van der Waals surface area contributed by atoms with Gasteiger partial charge in [0.2, 0.25) is 0 Å². The van der Waals surface area contributed by atoms with Gasteiger partial charge in [0.05, 0.1) is 11.4 Å². The highest BCUT2D eigenvalue weighted by Crippen LogP contribution is 2.16.